The lowest BCUT2D eigenvalue weighted by molar-refractivity contribution is -0.296. The molecule has 0 heterocycles. The van der Waals surface area contributed by atoms with Crippen LogP contribution < -0.4 is 0 Å². The molecule has 0 N–H and O–H groups in total. The first-order chi connectivity index (χ1) is 12.4. The van der Waals surface area contributed by atoms with Gasteiger partial charge in [0.25, 0.3) is 0 Å². The second-order valence-corrected chi connectivity index (χ2v) is 6.46. The highest BCUT2D eigenvalue weighted by atomic mass is 16.7. The van der Waals surface area contributed by atoms with Gasteiger partial charge in [-0.25, -0.2) is 4.79 Å². The quantitative estimate of drug-likeness (QED) is 0.388. The zero-order chi connectivity index (χ0) is 19.3. The van der Waals surface area contributed by atoms with Crippen molar-refractivity contribution in [1.82, 2.24) is 0 Å². The van der Waals surface area contributed by atoms with Gasteiger partial charge < -0.3 is 23.7 Å². The van der Waals surface area contributed by atoms with E-state index in [4.69, 9.17) is 23.7 Å². The van der Waals surface area contributed by atoms with Crippen LogP contribution >= 0.6 is 0 Å². The van der Waals surface area contributed by atoms with Gasteiger partial charge in [-0.05, 0) is 6.08 Å². The number of Topliss-reactive ketones (excluding diaryl/α,β-unsaturated/α-hetero) is 1. The topological polar surface area (TPSA) is 97.4 Å². The summed E-state index contributed by atoms with van der Waals surface area (Å²) in [5.41, 5.74) is 0.126. The van der Waals surface area contributed by atoms with Gasteiger partial charge in [0.15, 0.2) is 5.78 Å². The summed E-state index contributed by atoms with van der Waals surface area (Å²) in [4.78, 5) is 38.3. The van der Waals surface area contributed by atoms with Crippen LogP contribution in [0.3, 0.4) is 0 Å². The maximum atomic E-state index is 13.1. The van der Waals surface area contributed by atoms with Crippen molar-refractivity contribution >= 4 is 17.5 Å². The van der Waals surface area contributed by atoms with Gasteiger partial charge in [0.1, 0.15) is 0 Å². The van der Waals surface area contributed by atoms with E-state index in [2.05, 4.69) is 0 Å². The van der Waals surface area contributed by atoms with E-state index in [0.717, 1.165) is 6.08 Å². The number of fused-ring (bicyclic) bond motifs is 1. The summed E-state index contributed by atoms with van der Waals surface area (Å²) in [5.74, 6) is -7.56. The normalized spacial score (nSPS) is 33.7. The van der Waals surface area contributed by atoms with Crippen molar-refractivity contribution in [3.05, 3.63) is 23.8 Å². The van der Waals surface area contributed by atoms with Gasteiger partial charge in [-0.1, -0.05) is 12.2 Å². The molecule has 4 rings (SSSR count). The zero-order valence-electron chi connectivity index (χ0n) is 15.3. The van der Waals surface area contributed by atoms with Crippen molar-refractivity contribution in [2.75, 3.05) is 35.5 Å². The van der Waals surface area contributed by atoms with E-state index in [0.29, 0.717) is 0 Å². The fourth-order valence-corrected chi connectivity index (χ4v) is 4.72. The van der Waals surface area contributed by atoms with Crippen LogP contribution in [0, 0.1) is 23.7 Å². The summed E-state index contributed by atoms with van der Waals surface area (Å²) >= 11 is 0. The molecule has 26 heavy (non-hydrogen) atoms. The molecule has 0 aromatic rings. The number of carbonyl (C=O) groups is 3. The molecule has 1 saturated carbocycles. The SMILES string of the molecule is COC(=O)C1=CC(=O)C(OC)(OC)[C@@H]2[C@@H]1[C@@H]1C=C[C@H]2C(OC)(OC)C1=O. The maximum absolute atomic E-state index is 13.1. The lowest BCUT2D eigenvalue weighted by atomic mass is 9.52. The minimum absolute atomic E-state index is 0.126. The van der Waals surface area contributed by atoms with E-state index in [1.54, 1.807) is 12.2 Å². The van der Waals surface area contributed by atoms with Crippen molar-refractivity contribution < 1.29 is 38.1 Å². The van der Waals surface area contributed by atoms with Crippen LogP contribution in [0.4, 0.5) is 0 Å². The monoisotopic (exact) mass is 366 g/mol. The zero-order valence-corrected chi connectivity index (χ0v) is 15.3. The molecule has 0 amide bonds. The first-order valence-electron chi connectivity index (χ1n) is 8.16. The van der Waals surface area contributed by atoms with Crippen LogP contribution in [0.2, 0.25) is 0 Å². The van der Waals surface area contributed by atoms with E-state index in [1.165, 1.54) is 35.5 Å². The molecule has 0 spiro atoms. The minimum atomic E-state index is -1.67. The van der Waals surface area contributed by atoms with Crippen LogP contribution in [0.15, 0.2) is 23.8 Å². The molecule has 4 aliphatic rings. The number of methoxy groups -OCH3 is 5. The van der Waals surface area contributed by atoms with Crippen molar-refractivity contribution in [2.45, 2.75) is 11.6 Å². The molecule has 0 aliphatic heterocycles. The number of allylic oxidation sites excluding steroid dienone is 1. The van der Waals surface area contributed by atoms with E-state index in [1.807, 2.05) is 0 Å². The second-order valence-electron chi connectivity index (χ2n) is 6.46. The van der Waals surface area contributed by atoms with E-state index >= 15 is 0 Å². The Balaban J connectivity index is 2.27. The molecule has 0 aromatic carbocycles. The highest BCUT2D eigenvalue weighted by molar-refractivity contribution is 6.07. The van der Waals surface area contributed by atoms with Gasteiger partial charge >= 0.3 is 5.97 Å². The Morgan fingerprint density at radius 1 is 0.923 bits per heavy atom. The van der Waals surface area contributed by atoms with Crippen LogP contribution in [-0.4, -0.2) is 64.7 Å². The number of rotatable bonds is 5. The molecule has 1 fully saturated rings. The van der Waals surface area contributed by atoms with Crippen LogP contribution in [0.1, 0.15) is 0 Å². The fraction of sp³-hybridized carbons (Fsp3) is 0.611. The minimum Gasteiger partial charge on any atom is -0.466 e. The van der Waals surface area contributed by atoms with Gasteiger partial charge in [0.05, 0.1) is 7.11 Å². The standard InChI is InChI=1S/C18H22O8/c1-22-16(21)10-8-12(19)18(25-4,26-5)14-11-7-6-9(13(10)14)15(20)17(11,23-2)24-3/h6-9,11,13-14H,1-5H3/t9-,11+,13+,14-/m0/s1. The highest BCUT2D eigenvalue weighted by Crippen LogP contribution is 2.58. The Labute approximate surface area is 151 Å². The largest absolute Gasteiger partial charge is 0.466 e. The molecule has 142 valence electrons. The predicted molar refractivity (Wildman–Crippen MR) is 86.7 cm³/mol. The molecule has 0 unspecified atom stereocenters. The summed E-state index contributed by atoms with van der Waals surface area (Å²) in [6.45, 7) is 0. The second kappa shape index (κ2) is 6.38. The average Bonchev–Trinajstić information content (AvgIpc) is 2.68. The van der Waals surface area contributed by atoms with Crippen molar-refractivity contribution in [3.8, 4) is 0 Å². The Morgan fingerprint density at radius 2 is 1.50 bits per heavy atom. The molecule has 2 bridgehead atoms. The molecular weight excluding hydrogens is 344 g/mol. The van der Waals surface area contributed by atoms with Crippen molar-refractivity contribution in [3.63, 3.8) is 0 Å². The molecule has 0 saturated heterocycles. The van der Waals surface area contributed by atoms with Crippen LogP contribution in [-0.2, 0) is 38.1 Å². The summed E-state index contributed by atoms with van der Waals surface area (Å²) in [6.07, 6.45) is 4.64. The van der Waals surface area contributed by atoms with Gasteiger partial charge in [-0.15, -0.1) is 0 Å². The summed E-state index contributed by atoms with van der Waals surface area (Å²) < 4.78 is 26.8. The third-order valence-corrected chi connectivity index (χ3v) is 5.83. The molecule has 0 aromatic heterocycles. The predicted octanol–water partition coefficient (Wildman–Crippen LogP) is 0.264. The number of hydrogen-bond donors (Lipinski definition) is 0. The number of esters is 1. The fourth-order valence-electron chi connectivity index (χ4n) is 4.72. The average molecular weight is 366 g/mol. The summed E-state index contributed by atoms with van der Waals surface area (Å²) in [7, 11) is 6.67. The van der Waals surface area contributed by atoms with Gasteiger partial charge in [-0.2, -0.15) is 0 Å². The van der Waals surface area contributed by atoms with E-state index < -0.39 is 47.0 Å². The van der Waals surface area contributed by atoms with Crippen LogP contribution in [0.5, 0.6) is 0 Å². The summed E-state index contributed by atoms with van der Waals surface area (Å²) in [5, 5.41) is 0. The molecule has 4 aliphatic carbocycles. The smallest absolute Gasteiger partial charge is 0.334 e. The lowest BCUT2D eigenvalue weighted by Crippen LogP contribution is -2.70. The first kappa shape index (κ1) is 18.9. The highest BCUT2D eigenvalue weighted by Gasteiger charge is 2.70. The van der Waals surface area contributed by atoms with Gasteiger partial charge in [0, 0.05) is 57.7 Å². The van der Waals surface area contributed by atoms with Gasteiger partial charge in [-0.3, -0.25) is 9.59 Å². The van der Waals surface area contributed by atoms with Crippen molar-refractivity contribution in [2.24, 2.45) is 23.7 Å². The third-order valence-electron chi connectivity index (χ3n) is 5.83. The summed E-state index contributed by atoms with van der Waals surface area (Å²) in [6, 6.07) is 0. The molecule has 4 atom stereocenters. The maximum Gasteiger partial charge on any atom is 0.334 e. The first-order valence-corrected chi connectivity index (χ1v) is 8.16. The third kappa shape index (κ3) is 2.07. The Bertz CT molecular complexity index is 698. The number of carbonyl (C=O) groups excluding carboxylic acids is 3. The molecular formula is C18H22O8. The van der Waals surface area contributed by atoms with Crippen molar-refractivity contribution in [1.29, 1.82) is 0 Å². The van der Waals surface area contributed by atoms with E-state index in [9.17, 15) is 14.4 Å². The van der Waals surface area contributed by atoms with Crippen LogP contribution in [0.25, 0.3) is 0 Å². The Kier molecular flexibility index (Phi) is 4.64. The number of ketones is 2. The molecule has 8 nitrogen and oxygen atoms in total. The number of hydrogen-bond acceptors (Lipinski definition) is 8. The Hall–Kier alpha value is -1.87. The van der Waals surface area contributed by atoms with Gasteiger partial charge in [0.2, 0.25) is 17.4 Å². The van der Waals surface area contributed by atoms with E-state index in [-0.39, 0.29) is 11.4 Å². The Morgan fingerprint density at radius 3 is 2.00 bits per heavy atom. The molecule has 8 heteroatoms. The molecule has 0 radical (unpaired) electrons. The number of ether oxygens (including phenoxy) is 5. The lowest BCUT2D eigenvalue weighted by Gasteiger charge is -2.57.